The smallest absolute Gasteiger partial charge is 0.271 e. The number of rotatable bonds is 9. The second-order valence-corrected chi connectivity index (χ2v) is 10.2. The zero-order chi connectivity index (χ0) is 25.6. The molecule has 5 aromatic rings. The molecule has 0 bridgehead atoms. The number of carbonyl (C=O) groups excluding carboxylic acids is 1. The van der Waals surface area contributed by atoms with Crippen LogP contribution in [0.3, 0.4) is 0 Å². The van der Waals surface area contributed by atoms with Crippen LogP contribution in [0.5, 0.6) is 5.75 Å². The minimum atomic E-state index is -0.199. The van der Waals surface area contributed by atoms with Crippen molar-refractivity contribution < 1.29 is 9.53 Å². The first-order chi connectivity index (χ1) is 18.1. The number of carbonyl (C=O) groups is 1. The van der Waals surface area contributed by atoms with Crippen LogP contribution in [0.4, 0.5) is 0 Å². The van der Waals surface area contributed by atoms with Gasteiger partial charge >= 0.3 is 0 Å². The van der Waals surface area contributed by atoms with E-state index in [0.29, 0.717) is 39.7 Å². The Kier molecular flexibility index (Phi) is 7.84. The molecule has 37 heavy (non-hydrogen) atoms. The molecule has 1 amide bonds. The fourth-order valence-electron chi connectivity index (χ4n) is 3.69. The molecule has 0 unspecified atom stereocenters. The van der Waals surface area contributed by atoms with Gasteiger partial charge in [0.15, 0.2) is 11.0 Å². The van der Waals surface area contributed by atoms with Crippen molar-refractivity contribution in [3.8, 4) is 22.8 Å². The Bertz CT molecular complexity index is 1520. The van der Waals surface area contributed by atoms with Crippen molar-refractivity contribution in [1.29, 1.82) is 0 Å². The van der Waals surface area contributed by atoms with E-state index in [1.165, 1.54) is 23.1 Å². The van der Waals surface area contributed by atoms with Gasteiger partial charge in [-0.15, -0.1) is 21.5 Å². The normalized spacial score (nSPS) is 10.9. The summed E-state index contributed by atoms with van der Waals surface area (Å²) in [6.45, 7) is 0.452. The number of halogens is 1. The number of methoxy groups -OCH3 is 1. The first-order valence-electron chi connectivity index (χ1n) is 11.4. The predicted octanol–water partition coefficient (Wildman–Crippen LogP) is 6.28. The number of nitrogens with zero attached hydrogens (tertiary/aromatic N) is 4. The van der Waals surface area contributed by atoms with Crippen LogP contribution >= 0.6 is 34.7 Å². The van der Waals surface area contributed by atoms with Crippen molar-refractivity contribution in [2.24, 2.45) is 0 Å². The zero-order valence-electron chi connectivity index (χ0n) is 19.8. The summed E-state index contributed by atoms with van der Waals surface area (Å²) in [5.41, 5.74) is 3.00. The van der Waals surface area contributed by atoms with Crippen LogP contribution in [-0.2, 0) is 12.3 Å². The molecule has 0 aliphatic heterocycles. The molecule has 0 saturated carbocycles. The van der Waals surface area contributed by atoms with E-state index < -0.39 is 0 Å². The summed E-state index contributed by atoms with van der Waals surface area (Å²) in [6, 6.07) is 25.0. The molecule has 1 N–H and O–H groups in total. The summed E-state index contributed by atoms with van der Waals surface area (Å²) in [6.07, 6.45) is 0. The molecule has 3 aromatic carbocycles. The van der Waals surface area contributed by atoms with Crippen molar-refractivity contribution in [3.05, 3.63) is 106 Å². The number of nitrogens with one attached hydrogen (secondary N) is 1. The summed E-state index contributed by atoms with van der Waals surface area (Å²) in [4.78, 5) is 17.1. The summed E-state index contributed by atoms with van der Waals surface area (Å²) >= 11 is 9.42. The van der Waals surface area contributed by atoms with Gasteiger partial charge in [-0.1, -0.05) is 78.0 Å². The van der Waals surface area contributed by atoms with Crippen LogP contribution in [0.2, 0.25) is 5.02 Å². The van der Waals surface area contributed by atoms with E-state index in [1.807, 2.05) is 83.4 Å². The topological polar surface area (TPSA) is 81.9 Å². The fourth-order valence-corrected chi connectivity index (χ4v) is 5.65. The molecule has 2 aromatic heterocycles. The lowest BCUT2D eigenvalue weighted by atomic mass is 10.2. The number of amides is 1. The molecule has 10 heteroatoms. The quantitative estimate of drug-likeness (QED) is 0.219. The second kappa shape index (κ2) is 11.6. The number of para-hydroxylation sites is 2. The first-order valence-corrected chi connectivity index (χ1v) is 13.6. The van der Waals surface area contributed by atoms with Crippen LogP contribution in [0.15, 0.2) is 89.4 Å². The Morgan fingerprint density at radius 3 is 2.59 bits per heavy atom. The van der Waals surface area contributed by atoms with E-state index in [-0.39, 0.29) is 5.91 Å². The lowest BCUT2D eigenvalue weighted by Gasteiger charge is -2.14. The molecule has 5 rings (SSSR count). The van der Waals surface area contributed by atoms with Crippen molar-refractivity contribution >= 4 is 40.6 Å². The molecule has 0 aliphatic rings. The average Bonchev–Trinajstić information content (AvgIpc) is 3.59. The maximum atomic E-state index is 12.6. The van der Waals surface area contributed by atoms with E-state index in [0.717, 1.165) is 21.8 Å². The van der Waals surface area contributed by atoms with Crippen LogP contribution < -0.4 is 10.1 Å². The van der Waals surface area contributed by atoms with Crippen molar-refractivity contribution in [3.63, 3.8) is 0 Å². The molecular formula is C27H22ClN5O2S2. The Labute approximate surface area is 227 Å². The summed E-state index contributed by atoms with van der Waals surface area (Å²) in [5.74, 6) is 1.61. The van der Waals surface area contributed by atoms with Gasteiger partial charge in [-0.2, -0.15) is 0 Å². The molecule has 0 saturated heterocycles. The number of benzene rings is 3. The number of hydrogen-bond acceptors (Lipinski definition) is 7. The Balaban J connectivity index is 1.37. The molecule has 0 spiro atoms. The highest BCUT2D eigenvalue weighted by Gasteiger charge is 2.21. The lowest BCUT2D eigenvalue weighted by Crippen LogP contribution is -2.23. The third-order valence-electron chi connectivity index (χ3n) is 5.48. The van der Waals surface area contributed by atoms with Crippen LogP contribution in [0.1, 0.15) is 21.1 Å². The SMILES string of the molecule is COc1ccccc1-n1c(SCc2nc(C(=O)NCc3ccccc3)cs2)nnc1-c1ccccc1Cl. The van der Waals surface area contributed by atoms with Gasteiger partial charge in [-0.3, -0.25) is 9.36 Å². The minimum absolute atomic E-state index is 0.199. The largest absolute Gasteiger partial charge is 0.495 e. The highest BCUT2D eigenvalue weighted by Crippen LogP contribution is 2.36. The van der Waals surface area contributed by atoms with Crippen LogP contribution in [-0.4, -0.2) is 32.8 Å². The van der Waals surface area contributed by atoms with Gasteiger partial charge in [-0.25, -0.2) is 4.98 Å². The maximum Gasteiger partial charge on any atom is 0.271 e. The van der Waals surface area contributed by atoms with E-state index >= 15 is 0 Å². The van der Waals surface area contributed by atoms with Gasteiger partial charge in [0.2, 0.25) is 0 Å². The van der Waals surface area contributed by atoms with Gasteiger partial charge in [-0.05, 0) is 29.8 Å². The second-order valence-electron chi connectivity index (χ2n) is 7.88. The van der Waals surface area contributed by atoms with Gasteiger partial charge < -0.3 is 10.1 Å². The Hall–Kier alpha value is -3.66. The highest BCUT2D eigenvalue weighted by molar-refractivity contribution is 7.98. The average molecular weight is 548 g/mol. The van der Waals surface area contributed by atoms with E-state index in [4.69, 9.17) is 16.3 Å². The molecule has 0 atom stereocenters. The van der Waals surface area contributed by atoms with Crippen molar-refractivity contribution in [2.45, 2.75) is 17.5 Å². The standard InChI is InChI=1S/C27H22ClN5O2S2/c1-35-23-14-8-7-13-22(23)33-25(19-11-5-6-12-20(19)28)31-32-27(33)37-17-24-30-21(16-36-24)26(34)29-15-18-9-3-2-4-10-18/h2-14,16H,15,17H2,1H3,(H,29,34). The number of hydrogen-bond donors (Lipinski definition) is 1. The zero-order valence-corrected chi connectivity index (χ0v) is 22.2. The van der Waals surface area contributed by atoms with Crippen LogP contribution in [0.25, 0.3) is 17.1 Å². The van der Waals surface area contributed by atoms with Gasteiger partial charge in [0.05, 0.1) is 23.6 Å². The lowest BCUT2D eigenvalue weighted by molar-refractivity contribution is 0.0946. The monoisotopic (exact) mass is 547 g/mol. The summed E-state index contributed by atoms with van der Waals surface area (Å²) in [5, 5.41) is 15.7. The summed E-state index contributed by atoms with van der Waals surface area (Å²) in [7, 11) is 1.63. The van der Waals surface area contributed by atoms with Gasteiger partial charge in [0, 0.05) is 17.5 Å². The Morgan fingerprint density at radius 1 is 1.03 bits per heavy atom. The fraction of sp³-hybridized carbons (Fsp3) is 0.111. The number of thioether (sulfide) groups is 1. The van der Waals surface area contributed by atoms with Crippen LogP contribution in [0, 0.1) is 0 Å². The molecule has 7 nitrogen and oxygen atoms in total. The number of aromatic nitrogens is 4. The number of thiazole rings is 1. The maximum absolute atomic E-state index is 12.6. The minimum Gasteiger partial charge on any atom is -0.495 e. The molecule has 0 aliphatic carbocycles. The third-order valence-corrected chi connectivity index (χ3v) is 7.78. The van der Waals surface area contributed by atoms with E-state index in [1.54, 1.807) is 12.5 Å². The highest BCUT2D eigenvalue weighted by atomic mass is 35.5. The van der Waals surface area contributed by atoms with Crippen molar-refractivity contribution in [2.75, 3.05) is 7.11 Å². The number of ether oxygens (including phenoxy) is 1. The van der Waals surface area contributed by atoms with Gasteiger partial charge in [0.1, 0.15) is 16.5 Å². The predicted molar refractivity (Wildman–Crippen MR) is 148 cm³/mol. The van der Waals surface area contributed by atoms with E-state index in [9.17, 15) is 4.79 Å². The molecule has 186 valence electrons. The molecular weight excluding hydrogens is 526 g/mol. The molecule has 0 fully saturated rings. The first kappa shape index (κ1) is 25.0. The van der Waals surface area contributed by atoms with E-state index in [2.05, 4.69) is 20.5 Å². The summed E-state index contributed by atoms with van der Waals surface area (Å²) < 4.78 is 7.56. The van der Waals surface area contributed by atoms with Gasteiger partial charge in [0.25, 0.3) is 5.91 Å². The van der Waals surface area contributed by atoms with Crippen molar-refractivity contribution in [1.82, 2.24) is 25.1 Å². The Morgan fingerprint density at radius 2 is 1.78 bits per heavy atom. The third kappa shape index (κ3) is 5.69. The molecule has 0 radical (unpaired) electrons. The molecule has 2 heterocycles.